The summed E-state index contributed by atoms with van der Waals surface area (Å²) < 4.78 is 27.8. The molecule has 0 amide bonds. The number of rotatable bonds is 4. The molecule has 3 N–H and O–H groups in total. The molecular weight excluding hydrogens is 450 g/mol. The maximum atomic E-state index is 12.3. The summed E-state index contributed by atoms with van der Waals surface area (Å²) in [6, 6.07) is 4.76. The van der Waals surface area contributed by atoms with Crippen molar-refractivity contribution in [1.82, 2.24) is 0 Å². The fraction of sp³-hybridized carbons (Fsp3) is 0. The summed E-state index contributed by atoms with van der Waals surface area (Å²) in [4.78, 5) is 11.1. The van der Waals surface area contributed by atoms with E-state index >= 15 is 0 Å². The topological polar surface area (TPSA) is 104 Å². The fourth-order valence-corrected chi connectivity index (χ4v) is 6.40. The summed E-state index contributed by atoms with van der Waals surface area (Å²) in [5.41, 5.74) is -0.474. The van der Waals surface area contributed by atoms with Gasteiger partial charge in [0.2, 0.25) is 0 Å². The van der Waals surface area contributed by atoms with Gasteiger partial charge in [0.1, 0.15) is 10.6 Å². The van der Waals surface area contributed by atoms with E-state index in [-0.39, 0.29) is 21.9 Å². The zero-order valence-electron chi connectivity index (χ0n) is 10.0. The summed E-state index contributed by atoms with van der Waals surface area (Å²) in [6.45, 7) is 0. The van der Waals surface area contributed by atoms with Crippen LogP contribution in [0.5, 0.6) is 5.75 Å². The van der Waals surface area contributed by atoms with Gasteiger partial charge in [-0.3, -0.25) is 4.72 Å². The quantitative estimate of drug-likeness (QED) is 0.611. The monoisotopic (exact) mass is 455 g/mol. The number of carboxylic acids is 1. The number of hydrogen-bond acceptors (Lipinski definition) is 5. The molecule has 0 radical (unpaired) electrons. The SMILES string of the molecule is O=C(O)c1cc(O)ccc1NS(=O)(=O)c1cc(Br)sc1Br. The molecule has 1 aromatic carbocycles. The van der Waals surface area contributed by atoms with Crippen molar-refractivity contribution in [1.29, 1.82) is 0 Å². The number of benzene rings is 1. The number of halogens is 2. The van der Waals surface area contributed by atoms with Crippen LogP contribution in [0.15, 0.2) is 36.7 Å². The second-order valence-electron chi connectivity index (χ2n) is 3.83. The van der Waals surface area contributed by atoms with Crippen molar-refractivity contribution in [2.75, 3.05) is 4.72 Å². The fourth-order valence-electron chi connectivity index (χ4n) is 1.51. The minimum atomic E-state index is -3.95. The highest BCUT2D eigenvalue weighted by atomic mass is 79.9. The molecule has 0 spiro atoms. The number of hydrogen-bond donors (Lipinski definition) is 3. The van der Waals surface area contributed by atoms with Crippen molar-refractivity contribution in [3.63, 3.8) is 0 Å². The zero-order chi connectivity index (χ0) is 15.8. The van der Waals surface area contributed by atoms with Gasteiger partial charge in [-0.2, -0.15) is 0 Å². The van der Waals surface area contributed by atoms with E-state index in [1.165, 1.54) is 29.5 Å². The third kappa shape index (κ3) is 3.57. The number of aromatic hydroxyl groups is 1. The van der Waals surface area contributed by atoms with Crippen molar-refractivity contribution in [2.45, 2.75) is 4.90 Å². The number of phenolic OH excluding ortho intramolecular Hbond substituents is 1. The Morgan fingerprint density at radius 3 is 2.43 bits per heavy atom. The Morgan fingerprint density at radius 2 is 1.90 bits per heavy atom. The molecule has 1 heterocycles. The van der Waals surface area contributed by atoms with Crippen LogP contribution < -0.4 is 4.72 Å². The van der Waals surface area contributed by atoms with Crippen LogP contribution in [0.1, 0.15) is 10.4 Å². The molecule has 2 rings (SSSR count). The second-order valence-corrected chi connectivity index (χ2v) is 9.23. The molecular formula is C11H7Br2NO5S2. The van der Waals surface area contributed by atoms with Crippen LogP contribution >= 0.6 is 43.2 Å². The Balaban J connectivity index is 2.47. The molecule has 0 aliphatic rings. The highest BCUT2D eigenvalue weighted by molar-refractivity contribution is 9.12. The molecule has 1 aromatic heterocycles. The molecule has 112 valence electrons. The van der Waals surface area contributed by atoms with Gasteiger partial charge >= 0.3 is 5.97 Å². The Labute approximate surface area is 140 Å². The van der Waals surface area contributed by atoms with E-state index in [9.17, 15) is 18.3 Å². The van der Waals surface area contributed by atoms with E-state index in [1.807, 2.05) is 0 Å². The van der Waals surface area contributed by atoms with Crippen LogP contribution in [0, 0.1) is 0 Å². The van der Waals surface area contributed by atoms with E-state index < -0.39 is 16.0 Å². The molecule has 0 unspecified atom stereocenters. The summed E-state index contributed by atoms with van der Waals surface area (Å²) in [5, 5.41) is 18.4. The number of aromatic carboxylic acids is 1. The summed E-state index contributed by atoms with van der Waals surface area (Å²) >= 11 is 7.49. The van der Waals surface area contributed by atoms with Crippen LogP contribution in [-0.4, -0.2) is 24.6 Å². The van der Waals surface area contributed by atoms with E-state index in [0.29, 0.717) is 7.57 Å². The summed E-state index contributed by atoms with van der Waals surface area (Å²) in [5.74, 6) is -1.62. The van der Waals surface area contributed by atoms with Crippen molar-refractivity contribution in [3.8, 4) is 5.75 Å². The summed E-state index contributed by atoms with van der Waals surface area (Å²) in [6.07, 6.45) is 0. The molecule has 0 aliphatic carbocycles. The van der Waals surface area contributed by atoms with Gasteiger partial charge in [0.15, 0.2) is 0 Å². The first kappa shape index (κ1) is 16.3. The second kappa shape index (κ2) is 5.95. The molecule has 0 atom stereocenters. The minimum absolute atomic E-state index is 0.0104. The normalized spacial score (nSPS) is 11.3. The van der Waals surface area contributed by atoms with Gasteiger partial charge in [0, 0.05) is 0 Å². The molecule has 0 fully saturated rings. The van der Waals surface area contributed by atoms with Crippen LogP contribution in [0.2, 0.25) is 0 Å². The number of carbonyl (C=O) groups is 1. The van der Waals surface area contributed by atoms with Crippen LogP contribution in [0.3, 0.4) is 0 Å². The van der Waals surface area contributed by atoms with Crippen molar-refractivity contribution in [3.05, 3.63) is 37.4 Å². The zero-order valence-corrected chi connectivity index (χ0v) is 14.8. The maximum absolute atomic E-state index is 12.3. The molecule has 6 nitrogen and oxygen atoms in total. The van der Waals surface area contributed by atoms with Gasteiger partial charge in [-0.05, 0) is 56.1 Å². The molecule has 0 saturated carbocycles. The number of carboxylic acid groups (broad SMARTS) is 1. The summed E-state index contributed by atoms with van der Waals surface area (Å²) in [7, 11) is -3.95. The van der Waals surface area contributed by atoms with Gasteiger partial charge in [-0.25, -0.2) is 13.2 Å². The lowest BCUT2D eigenvalue weighted by molar-refractivity contribution is 0.0697. The lowest BCUT2D eigenvalue weighted by Crippen LogP contribution is -2.15. The predicted octanol–water partition coefficient (Wildman–Crippen LogP) is 3.48. The Hall–Kier alpha value is -1.10. The van der Waals surface area contributed by atoms with Crippen molar-refractivity contribution in [2.24, 2.45) is 0 Å². The molecule has 2 aromatic rings. The smallest absolute Gasteiger partial charge is 0.337 e. The number of phenols is 1. The molecule has 10 heteroatoms. The lowest BCUT2D eigenvalue weighted by Gasteiger charge is -2.10. The van der Waals surface area contributed by atoms with Crippen molar-refractivity contribution < 1.29 is 23.4 Å². The largest absolute Gasteiger partial charge is 0.508 e. The van der Waals surface area contributed by atoms with E-state index in [0.717, 1.165) is 6.07 Å². The first-order valence-corrected chi connectivity index (χ1v) is 9.13. The van der Waals surface area contributed by atoms with Crippen LogP contribution in [0.25, 0.3) is 0 Å². The molecule has 21 heavy (non-hydrogen) atoms. The number of nitrogens with one attached hydrogen (secondary N) is 1. The van der Waals surface area contributed by atoms with Gasteiger partial charge in [0.05, 0.1) is 18.8 Å². The number of anilines is 1. The van der Waals surface area contributed by atoms with E-state index in [4.69, 9.17) is 5.11 Å². The first-order valence-electron chi connectivity index (χ1n) is 5.24. The first-order chi connectivity index (χ1) is 9.70. The van der Waals surface area contributed by atoms with Crippen LogP contribution in [-0.2, 0) is 10.0 Å². The lowest BCUT2D eigenvalue weighted by atomic mass is 10.2. The van der Waals surface area contributed by atoms with Gasteiger partial charge in [-0.15, -0.1) is 11.3 Å². The predicted molar refractivity (Wildman–Crippen MR) is 85.6 cm³/mol. The van der Waals surface area contributed by atoms with Gasteiger partial charge < -0.3 is 10.2 Å². The molecule has 0 aliphatic heterocycles. The van der Waals surface area contributed by atoms with Crippen molar-refractivity contribution >= 4 is 64.9 Å². The van der Waals surface area contributed by atoms with E-state index in [1.54, 1.807) is 0 Å². The minimum Gasteiger partial charge on any atom is -0.508 e. The van der Waals surface area contributed by atoms with Gasteiger partial charge in [-0.1, -0.05) is 0 Å². The third-order valence-electron chi connectivity index (χ3n) is 2.39. The molecule has 0 saturated heterocycles. The number of thiophene rings is 1. The van der Waals surface area contributed by atoms with Gasteiger partial charge in [0.25, 0.3) is 10.0 Å². The highest BCUT2D eigenvalue weighted by Gasteiger charge is 2.23. The molecule has 0 bridgehead atoms. The average Bonchev–Trinajstić information content (AvgIpc) is 2.71. The third-order valence-corrected chi connectivity index (χ3v) is 6.51. The Kier molecular flexibility index (Phi) is 4.61. The Bertz CT molecular complexity index is 816. The Morgan fingerprint density at radius 1 is 1.24 bits per heavy atom. The maximum Gasteiger partial charge on any atom is 0.337 e. The standard InChI is InChI=1S/C11H7Br2NO5S2/c12-9-4-8(10(13)20-9)21(18,19)14-7-2-1-5(15)3-6(7)11(16)17/h1-4,14-15H,(H,16,17). The number of sulfonamides is 1. The van der Waals surface area contributed by atoms with Crippen LogP contribution in [0.4, 0.5) is 5.69 Å². The highest BCUT2D eigenvalue weighted by Crippen LogP contribution is 2.36. The average molecular weight is 457 g/mol. The van der Waals surface area contributed by atoms with E-state index in [2.05, 4.69) is 36.6 Å².